The van der Waals surface area contributed by atoms with Crippen LogP contribution in [0, 0.1) is 11.8 Å². The predicted molar refractivity (Wildman–Crippen MR) is 73.1 cm³/mol. The number of nitrogens with zero attached hydrogens (tertiary/aromatic N) is 2. The zero-order chi connectivity index (χ0) is 15.1. The Labute approximate surface area is 115 Å². The van der Waals surface area contributed by atoms with Gasteiger partial charge < -0.3 is 10.3 Å². The lowest BCUT2D eigenvalue weighted by Crippen LogP contribution is -2.14. The van der Waals surface area contributed by atoms with Gasteiger partial charge in [0.1, 0.15) is 0 Å². The number of hydrogen-bond acceptors (Lipinski definition) is 2. The van der Waals surface area contributed by atoms with Crippen molar-refractivity contribution >= 4 is 17.0 Å². The lowest BCUT2D eigenvalue weighted by Gasteiger charge is -2.17. The van der Waals surface area contributed by atoms with E-state index in [9.17, 15) is 13.2 Å². The molecule has 0 fully saturated rings. The molecule has 110 valence electrons. The third-order valence-electron chi connectivity index (χ3n) is 3.71. The number of aromatic nitrogens is 2. The van der Waals surface area contributed by atoms with E-state index in [0.717, 1.165) is 12.1 Å². The molecule has 3 nitrogen and oxygen atoms in total. The second-order valence-electron chi connectivity index (χ2n) is 5.50. The van der Waals surface area contributed by atoms with Gasteiger partial charge in [-0.3, -0.25) is 0 Å². The molecule has 1 aromatic carbocycles. The van der Waals surface area contributed by atoms with Crippen molar-refractivity contribution in [3.8, 4) is 0 Å². The van der Waals surface area contributed by atoms with E-state index in [1.54, 1.807) is 4.57 Å². The maximum atomic E-state index is 12.7. The first-order valence-corrected chi connectivity index (χ1v) is 6.53. The molecule has 0 spiro atoms. The Morgan fingerprint density at radius 3 is 2.45 bits per heavy atom. The Kier molecular flexibility index (Phi) is 3.67. The van der Waals surface area contributed by atoms with E-state index in [0.29, 0.717) is 23.9 Å². The largest absolute Gasteiger partial charge is 0.416 e. The molecule has 1 aromatic heterocycles. The van der Waals surface area contributed by atoms with Gasteiger partial charge in [0.2, 0.25) is 5.95 Å². The van der Waals surface area contributed by atoms with Crippen LogP contribution in [0.1, 0.15) is 26.3 Å². The second kappa shape index (κ2) is 5.00. The zero-order valence-corrected chi connectivity index (χ0v) is 11.7. The van der Waals surface area contributed by atoms with Crippen LogP contribution in [0.25, 0.3) is 11.0 Å². The number of halogens is 3. The summed E-state index contributed by atoms with van der Waals surface area (Å²) in [5.41, 5.74) is 6.06. The molecule has 0 saturated carbocycles. The van der Waals surface area contributed by atoms with Crippen LogP contribution in [0.4, 0.5) is 19.1 Å². The first-order valence-electron chi connectivity index (χ1n) is 6.53. The van der Waals surface area contributed by atoms with Crippen molar-refractivity contribution in [3.63, 3.8) is 0 Å². The highest BCUT2D eigenvalue weighted by Gasteiger charge is 2.31. The van der Waals surface area contributed by atoms with Crippen LogP contribution < -0.4 is 5.73 Å². The van der Waals surface area contributed by atoms with E-state index >= 15 is 0 Å². The van der Waals surface area contributed by atoms with E-state index < -0.39 is 11.7 Å². The molecule has 2 aromatic rings. The van der Waals surface area contributed by atoms with Crippen LogP contribution in [-0.2, 0) is 12.7 Å². The third-order valence-corrected chi connectivity index (χ3v) is 3.71. The normalized spacial score (nSPS) is 14.2. The Hall–Kier alpha value is -1.72. The van der Waals surface area contributed by atoms with Gasteiger partial charge in [0.15, 0.2) is 0 Å². The molecular weight excluding hydrogens is 267 g/mol. The molecule has 0 aliphatic carbocycles. The van der Waals surface area contributed by atoms with Gasteiger partial charge in [-0.2, -0.15) is 13.2 Å². The Bertz CT molecular complexity index is 614. The van der Waals surface area contributed by atoms with Crippen molar-refractivity contribution in [3.05, 3.63) is 23.8 Å². The van der Waals surface area contributed by atoms with Gasteiger partial charge in [0.25, 0.3) is 0 Å². The molecule has 0 aliphatic rings. The molecule has 6 heteroatoms. The number of nitrogen functional groups attached to an aromatic ring is 1. The van der Waals surface area contributed by atoms with Crippen LogP contribution in [-0.4, -0.2) is 9.55 Å². The highest BCUT2D eigenvalue weighted by atomic mass is 19.4. The van der Waals surface area contributed by atoms with Crippen molar-refractivity contribution in [1.82, 2.24) is 9.55 Å². The van der Waals surface area contributed by atoms with Crippen molar-refractivity contribution in [1.29, 1.82) is 0 Å². The van der Waals surface area contributed by atoms with Crippen LogP contribution in [0.2, 0.25) is 0 Å². The Morgan fingerprint density at radius 2 is 1.90 bits per heavy atom. The topological polar surface area (TPSA) is 43.8 Å². The quantitative estimate of drug-likeness (QED) is 0.928. The standard InChI is InChI=1S/C14H18F3N3/c1-8(2)9(3)7-20-12-5-4-10(14(15,16)17)6-11(12)19-13(20)18/h4-6,8-9H,7H2,1-3H3,(H2,18,19). The molecule has 0 amide bonds. The maximum Gasteiger partial charge on any atom is 0.416 e. The summed E-state index contributed by atoms with van der Waals surface area (Å²) in [7, 11) is 0. The fourth-order valence-electron chi connectivity index (χ4n) is 2.02. The number of anilines is 1. The molecule has 1 heterocycles. The summed E-state index contributed by atoms with van der Waals surface area (Å²) in [6.07, 6.45) is -4.36. The minimum Gasteiger partial charge on any atom is -0.369 e. The molecule has 0 aliphatic heterocycles. The first kappa shape index (κ1) is 14.7. The molecule has 1 atom stereocenters. The molecule has 0 saturated heterocycles. The smallest absolute Gasteiger partial charge is 0.369 e. The summed E-state index contributed by atoms with van der Waals surface area (Å²) in [5.74, 6) is 1.07. The molecule has 1 unspecified atom stereocenters. The lowest BCUT2D eigenvalue weighted by molar-refractivity contribution is -0.137. The summed E-state index contributed by atoms with van der Waals surface area (Å²) in [4.78, 5) is 4.04. The SMILES string of the molecule is CC(C)C(C)Cn1c(N)nc2cc(C(F)(F)F)ccc21. The summed E-state index contributed by atoms with van der Waals surface area (Å²) in [5, 5.41) is 0. The molecule has 2 rings (SSSR count). The van der Waals surface area contributed by atoms with Gasteiger partial charge in [-0.15, -0.1) is 0 Å². The fraction of sp³-hybridized carbons (Fsp3) is 0.500. The number of nitrogens with two attached hydrogens (primary N) is 1. The van der Waals surface area contributed by atoms with E-state index in [1.807, 2.05) is 0 Å². The van der Waals surface area contributed by atoms with Crippen molar-refractivity contribution in [2.45, 2.75) is 33.5 Å². The third kappa shape index (κ3) is 2.73. The molecule has 0 radical (unpaired) electrons. The van der Waals surface area contributed by atoms with E-state index in [4.69, 9.17) is 5.73 Å². The number of benzene rings is 1. The summed E-state index contributed by atoms with van der Waals surface area (Å²) < 4.78 is 39.8. The van der Waals surface area contributed by atoms with Crippen molar-refractivity contribution < 1.29 is 13.2 Å². The van der Waals surface area contributed by atoms with Gasteiger partial charge in [0, 0.05) is 6.54 Å². The minimum atomic E-state index is -4.36. The van der Waals surface area contributed by atoms with Gasteiger partial charge in [-0.1, -0.05) is 20.8 Å². The number of hydrogen-bond donors (Lipinski definition) is 1. The van der Waals surface area contributed by atoms with Gasteiger partial charge in [0.05, 0.1) is 16.6 Å². The molecule has 2 N–H and O–H groups in total. The monoisotopic (exact) mass is 285 g/mol. The Balaban J connectivity index is 2.45. The first-order chi connectivity index (χ1) is 9.20. The van der Waals surface area contributed by atoms with Gasteiger partial charge in [-0.05, 0) is 30.0 Å². The van der Waals surface area contributed by atoms with Crippen LogP contribution >= 0.6 is 0 Å². The average molecular weight is 285 g/mol. The lowest BCUT2D eigenvalue weighted by atomic mass is 9.98. The number of imidazole rings is 1. The average Bonchev–Trinajstić information content (AvgIpc) is 2.64. The van der Waals surface area contributed by atoms with E-state index in [1.165, 1.54) is 6.07 Å². The predicted octanol–water partition coefficient (Wildman–Crippen LogP) is 3.93. The van der Waals surface area contributed by atoms with E-state index in [2.05, 4.69) is 25.8 Å². The number of alkyl halides is 3. The highest BCUT2D eigenvalue weighted by Crippen LogP contribution is 2.32. The second-order valence-corrected chi connectivity index (χ2v) is 5.50. The van der Waals surface area contributed by atoms with E-state index in [-0.39, 0.29) is 11.5 Å². The number of fused-ring (bicyclic) bond motifs is 1. The highest BCUT2D eigenvalue weighted by molar-refractivity contribution is 5.79. The summed E-state index contributed by atoms with van der Waals surface area (Å²) in [6.45, 7) is 6.93. The summed E-state index contributed by atoms with van der Waals surface area (Å²) >= 11 is 0. The van der Waals surface area contributed by atoms with Gasteiger partial charge >= 0.3 is 6.18 Å². The fourth-order valence-corrected chi connectivity index (χ4v) is 2.02. The minimum absolute atomic E-state index is 0.256. The molecule has 0 bridgehead atoms. The Morgan fingerprint density at radius 1 is 1.25 bits per heavy atom. The maximum absolute atomic E-state index is 12.7. The number of rotatable bonds is 3. The van der Waals surface area contributed by atoms with Crippen molar-refractivity contribution in [2.24, 2.45) is 11.8 Å². The zero-order valence-electron chi connectivity index (χ0n) is 11.7. The molecular formula is C14H18F3N3. The van der Waals surface area contributed by atoms with Crippen LogP contribution in [0.5, 0.6) is 0 Å². The van der Waals surface area contributed by atoms with Crippen LogP contribution in [0.3, 0.4) is 0 Å². The van der Waals surface area contributed by atoms with Crippen molar-refractivity contribution in [2.75, 3.05) is 5.73 Å². The summed E-state index contributed by atoms with van der Waals surface area (Å²) in [6, 6.07) is 3.55. The van der Waals surface area contributed by atoms with Gasteiger partial charge in [-0.25, -0.2) is 4.98 Å². The van der Waals surface area contributed by atoms with Crippen LogP contribution in [0.15, 0.2) is 18.2 Å². The molecule has 20 heavy (non-hydrogen) atoms.